The highest BCUT2D eigenvalue weighted by Gasteiger charge is 2.23. The molecule has 0 aliphatic carbocycles. The van der Waals surface area contributed by atoms with E-state index in [4.69, 9.17) is 0 Å². The number of rotatable bonds is 4. The summed E-state index contributed by atoms with van der Waals surface area (Å²) < 4.78 is 27.0. The molecule has 0 saturated heterocycles. The van der Waals surface area contributed by atoms with Gasteiger partial charge in [-0.2, -0.15) is 0 Å². The first kappa shape index (κ1) is 16.3. The minimum atomic E-state index is -3.49. The Hall–Kier alpha value is -2.61. The molecule has 0 N–H and O–H groups in total. The van der Waals surface area contributed by atoms with Gasteiger partial charge in [-0.3, -0.25) is 4.98 Å². The number of pyridine rings is 1. The maximum atomic E-state index is 12.6. The minimum Gasteiger partial charge on any atom is -0.330 e. The molecular weight excluding hydrogens is 326 g/mol. The zero-order valence-corrected chi connectivity index (χ0v) is 14.4. The van der Waals surface area contributed by atoms with Crippen LogP contribution in [0.2, 0.25) is 0 Å². The van der Waals surface area contributed by atoms with E-state index in [-0.39, 0.29) is 10.6 Å². The summed E-state index contributed by atoms with van der Waals surface area (Å²) in [5.74, 6) is 0.921. The molecule has 0 spiro atoms. The van der Waals surface area contributed by atoms with Crippen molar-refractivity contribution in [2.45, 2.75) is 18.7 Å². The van der Waals surface area contributed by atoms with Crippen LogP contribution in [0, 0.1) is 6.92 Å². The van der Waals surface area contributed by atoms with Crippen LogP contribution in [0.5, 0.6) is 0 Å². The van der Waals surface area contributed by atoms with Crippen LogP contribution in [0.3, 0.4) is 0 Å². The SMILES string of the molecule is CCS(=O)(=O)c1cc(-c2ncccn2)cnc1-c1ncc(C)n1C. The molecule has 0 fully saturated rings. The molecule has 0 saturated carbocycles. The third kappa shape index (κ3) is 2.80. The largest absolute Gasteiger partial charge is 0.330 e. The van der Waals surface area contributed by atoms with Crippen LogP contribution in [0.15, 0.2) is 41.8 Å². The summed E-state index contributed by atoms with van der Waals surface area (Å²) >= 11 is 0. The van der Waals surface area contributed by atoms with Gasteiger partial charge in [-0.05, 0) is 19.1 Å². The van der Waals surface area contributed by atoms with Gasteiger partial charge in [0, 0.05) is 43.1 Å². The zero-order valence-electron chi connectivity index (χ0n) is 13.6. The summed E-state index contributed by atoms with van der Waals surface area (Å²) in [5, 5.41) is 0. The summed E-state index contributed by atoms with van der Waals surface area (Å²) in [6.45, 7) is 3.51. The normalized spacial score (nSPS) is 11.6. The van der Waals surface area contributed by atoms with E-state index < -0.39 is 9.84 Å². The molecule has 124 valence electrons. The summed E-state index contributed by atoms with van der Waals surface area (Å²) in [4.78, 5) is 17.1. The summed E-state index contributed by atoms with van der Waals surface area (Å²) in [6, 6.07) is 3.27. The number of aryl methyl sites for hydroxylation is 1. The van der Waals surface area contributed by atoms with Gasteiger partial charge in [-0.15, -0.1) is 0 Å². The van der Waals surface area contributed by atoms with Crippen LogP contribution in [-0.4, -0.2) is 38.7 Å². The van der Waals surface area contributed by atoms with Gasteiger partial charge in [0.25, 0.3) is 0 Å². The molecule has 3 heterocycles. The first-order valence-corrected chi connectivity index (χ1v) is 9.08. The van der Waals surface area contributed by atoms with Gasteiger partial charge in [0.1, 0.15) is 5.69 Å². The Bertz CT molecular complexity index is 981. The molecule has 3 rings (SSSR count). The van der Waals surface area contributed by atoms with E-state index in [0.717, 1.165) is 5.69 Å². The molecule has 0 amide bonds. The molecule has 3 aromatic rings. The van der Waals surface area contributed by atoms with E-state index in [1.807, 2.05) is 18.5 Å². The second-order valence-corrected chi connectivity index (χ2v) is 7.58. The van der Waals surface area contributed by atoms with E-state index in [2.05, 4.69) is 19.9 Å². The Morgan fingerprint density at radius 1 is 1.08 bits per heavy atom. The van der Waals surface area contributed by atoms with Crippen molar-refractivity contribution in [3.8, 4) is 22.9 Å². The van der Waals surface area contributed by atoms with Crippen molar-refractivity contribution in [2.24, 2.45) is 7.05 Å². The number of hydrogen-bond donors (Lipinski definition) is 0. The van der Waals surface area contributed by atoms with Gasteiger partial charge in [0.15, 0.2) is 21.5 Å². The molecule has 7 nitrogen and oxygen atoms in total. The van der Waals surface area contributed by atoms with Crippen molar-refractivity contribution in [1.82, 2.24) is 24.5 Å². The highest BCUT2D eigenvalue weighted by atomic mass is 32.2. The van der Waals surface area contributed by atoms with Crippen molar-refractivity contribution in [3.63, 3.8) is 0 Å². The number of aromatic nitrogens is 5. The van der Waals surface area contributed by atoms with Crippen molar-refractivity contribution in [3.05, 3.63) is 42.6 Å². The third-order valence-corrected chi connectivity index (χ3v) is 5.57. The zero-order chi connectivity index (χ0) is 17.3. The highest BCUT2D eigenvalue weighted by molar-refractivity contribution is 7.91. The lowest BCUT2D eigenvalue weighted by atomic mass is 10.2. The highest BCUT2D eigenvalue weighted by Crippen LogP contribution is 2.28. The maximum Gasteiger partial charge on any atom is 0.180 e. The Balaban J connectivity index is 2.26. The molecule has 0 aromatic carbocycles. The lowest BCUT2D eigenvalue weighted by molar-refractivity contribution is 0.597. The van der Waals surface area contributed by atoms with Gasteiger partial charge >= 0.3 is 0 Å². The van der Waals surface area contributed by atoms with Crippen molar-refractivity contribution < 1.29 is 8.42 Å². The smallest absolute Gasteiger partial charge is 0.180 e. The fourth-order valence-electron chi connectivity index (χ4n) is 2.29. The minimum absolute atomic E-state index is 0.0236. The quantitative estimate of drug-likeness (QED) is 0.720. The van der Waals surface area contributed by atoms with Crippen LogP contribution >= 0.6 is 0 Å². The van der Waals surface area contributed by atoms with Gasteiger partial charge in [-0.1, -0.05) is 6.92 Å². The van der Waals surface area contributed by atoms with Crippen LogP contribution in [0.25, 0.3) is 22.9 Å². The fraction of sp³-hybridized carbons (Fsp3) is 0.250. The van der Waals surface area contributed by atoms with Gasteiger partial charge in [0.05, 0.1) is 10.6 Å². The predicted molar refractivity (Wildman–Crippen MR) is 89.9 cm³/mol. The van der Waals surface area contributed by atoms with Crippen LogP contribution in [0.1, 0.15) is 12.6 Å². The van der Waals surface area contributed by atoms with Crippen molar-refractivity contribution in [1.29, 1.82) is 0 Å². The molecule has 0 radical (unpaired) electrons. The van der Waals surface area contributed by atoms with Gasteiger partial charge < -0.3 is 4.57 Å². The lowest BCUT2D eigenvalue weighted by Crippen LogP contribution is -2.09. The average Bonchev–Trinajstić information content (AvgIpc) is 2.94. The maximum absolute atomic E-state index is 12.6. The van der Waals surface area contributed by atoms with Gasteiger partial charge in [0.2, 0.25) is 0 Å². The predicted octanol–water partition coefficient (Wildman–Crippen LogP) is 2.04. The van der Waals surface area contributed by atoms with E-state index in [0.29, 0.717) is 22.9 Å². The number of nitrogens with zero attached hydrogens (tertiary/aromatic N) is 5. The van der Waals surface area contributed by atoms with Crippen LogP contribution in [0.4, 0.5) is 0 Å². The van der Waals surface area contributed by atoms with Gasteiger partial charge in [-0.25, -0.2) is 23.4 Å². The second kappa shape index (κ2) is 6.12. The number of hydrogen-bond acceptors (Lipinski definition) is 6. The second-order valence-electron chi connectivity index (χ2n) is 5.33. The van der Waals surface area contributed by atoms with Crippen molar-refractivity contribution >= 4 is 9.84 Å². The Morgan fingerprint density at radius 3 is 2.38 bits per heavy atom. The first-order chi connectivity index (χ1) is 11.4. The molecule has 24 heavy (non-hydrogen) atoms. The molecule has 8 heteroatoms. The molecular formula is C16H17N5O2S. The topological polar surface area (TPSA) is 90.6 Å². The Morgan fingerprint density at radius 2 is 1.79 bits per heavy atom. The van der Waals surface area contributed by atoms with E-state index in [1.165, 1.54) is 0 Å². The van der Waals surface area contributed by atoms with E-state index in [1.54, 1.807) is 43.8 Å². The van der Waals surface area contributed by atoms with Crippen molar-refractivity contribution in [2.75, 3.05) is 5.75 Å². The number of imidazole rings is 1. The first-order valence-electron chi connectivity index (χ1n) is 7.43. The molecule has 0 aliphatic heterocycles. The van der Waals surface area contributed by atoms with E-state index in [9.17, 15) is 8.42 Å². The Labute approximate surface area is 140 Å². The lowest BCUT2D eigenvalue weighted by Gasteiger charge is -2.11. The molecule has 3 aromatic heterocycles. The Kier molecular flexibility index (Phi) is 4.15. The third-order valence-electron chi connectivity index (χ3n) is 3.82. The molecule has 0 bridgehead atoms. The van der Waals surface area contributed by atoms with Crippen LogP contribution in [-0.2, 0) is 16.9 Å². The summed E-state index contributed by atoms with van der Waals surface area (Å²) in [7, 11) is -1.66. The van der Waals surface area contributed by atoms with E-state index >= 15 is 0 Å². The summed E-state index contributed by atoms with van der Waals surface area (Å²) in [6.07, 6.45) is 6.47. The molecule has 0 unspecified atom stereocenters. The average molecular weight is 343 g/mol. The molecule has 0 aliphatic rings. The standard InChI is InChI=1S/C16H17N5O2S/c1-4-24(22,23)13-8-12(15-17-6-5-7-18-15)10-19-14(13)16-20-9-11(2)21(16)3/h5-10H,4H2,1-3H3. The van der Waals surface area contributed by atoms with Crippen LogP contribution < -0.4 is 0 Å². The monoisotopic (exact) mass is 343 g/mol. The number of sulfone groups is 1. The fourth-order valence-corrected chi connectivity index (χ4v) is 3.35. The summed E-state index contributed by atoms with van der Waals surface area (Å²) in [5.41, 5.74) is 1.81. The molecule has 0 atom stereocenters.